The first-order valence-corrected chi connectivity index (χ1v) is 18.0. The number of aliphatic carboxylic acids is 1. The minimum Gasteiger partial charge on any atom is -0.480 e. The molecule has 1 aliphatic rings. The van der Waals surface area contributed by atoms with Crippen molar-refractivity contribution in [3.05, 3.63) is 65.7 Å². The summed E-state index contributed by atoms with van der Waals surface area (Å²) in [6, 6.07) is 9.29. The zero-order valence-electron chi connectivity index (χ0n) is 31.8. The number of carboxylic acid groups (broad SMARTS) is 1. The van der Waals surface area contributed by atoms with Gasteiger partial charge in [0.25, 0.3) is 0 Å². The fraction of sp³-hybridized carbons (Fsp3) is 0.541. The Morgan fingerprint density at radius 1 is 0.807 bits per heavy atom. The van der Waals surface area contributed by atoms with Crippen molar-refractivity contribution in [3.63, 3.8) is 0 Å². The van der Waals surface area contributed by atoms with Gasteiger partial charge in [0, 0.05) is 19.5 Å². The topological polar surface area (TPSA) is 232 Å². The molecule has 0 saturated carbocycles. The van der Waals surface area contributed by atoms with Gasteiger partial charge in [0.1, 0.15) is 29.4 Å². The van der Waals surface area contributed by atoms with Crippen molar-refractivity contribution in [2.75, 3.05) is 19.6 Å². The number of nitrogens with one attached hydrogen (secondary N) is 3. The number of halogens is 6. The number of nitrogens with two attached hydrogens (primary N) is 3. The van der Waals surface area contributed by atoms with Gasteiger partial charge in [0.2, 0.25) is 23.6 Å². The monoisotopic (exact) mass is 871 g/mol. The number of carboxylic acids is 1. The third kappa shape index (κ3) is 17.7. The van der Waals surface area contributed by atoms with E-state index in [1.165, 1.54) is 17.0 Å². The molecule has 1 fully saturated rings. The van der Waals surface area contributed by atoms with Crippen LogP contribution in [0, 0.1) is 5.92 Å². The second-order valence-electron chi connectivity index (χ2n) is 14.1. The number of nitrogens with zero attached hydrogens (tertiary/aromatic N) is 1. The van der Waals surface area contributed by atoms with E-state index in [9.17, 15) is 42.3 Å². The van der Waals surface area contributed by atoms with Gasteiger partial charge < -0.3 is 47.9 Å². The number of hydrogen-bond donors (Lipinski definition) is 7. The first kappa shape index (κ1) is 53.1. The average Bonchev–Trinajstić information content (AvgIpc) is 3.11. The Morgan fingerprint density at radius 3 is 1.86 bits per heavy atom. The molecule has 1 saturated heterocycles. The van der Waals surface area contributed by atoms with Crippen molar-refractivity contribution in [2.45, 2.75) is 101 Å². The van der Waals surface area contributed by atoms with Gasteiger partial charge in [-0.1, -0.05) is 56.3 Å². The van der Waals surface area contributed by atoms with Crippen LogP contribution in [0.3, 0.4) is 0 Å². The van der Waals surface area contributed by atoms with E-state index in [1.807, 2.05) is 13.8 Å². The molecule has 4 amide bonds. The highest BCUT2D eigenvalue weighted by Gasteiger charge is 2.40. The lowest BCUT2D eigenvalue weighted by molar-refractivity contribution is -0.274. The predicted molar refractivity (Wildman–Crippen MR) is 215 cm³/mol. The number of ether oxygens (including phenoxy) is 1. The lowest BCUT2D eigenvalue weighted by atomic mass is 9.88. The molecule has 10 N–H and O–H groups in total. The van der Waals surface area contributed by atoms with E-state index in [0.29, 0.717) is 30.5 Å². The molecule has 0 aliphatic carbocycles. The summed E-state index contributed by atoms with van der Waals surface area (Å²) in [6.07, 6.45) is -3.22. The van der Waals surface area contributed by atoms with Gasteiger partial charge in [0.05, 0.1) is 6.04 Å². The van der Waals surface area contributed by atoms with Gasteiger partial charge in [-0.2, -0.15) is 0 Å². The van der Waals surface area contributed by atoms with Crippen LogP contribution in [-0.2, 0) is 36.8 Å². The molecule has 3 rings (SSSR count). The smallest absolute Gasteiger partial charge is 0.480 e. The molecule has 0 radical (unpaired) electrons. The Labute approximate surface area is 349 Å². The zero-order chi connectivity index (χ0) is 40.1. The second kappa shape index (κ2) is 24.8. The second-order valence-corrected chi connectivity index (χ2v) is 14.1. The molecule has 57 heavy (non-hydrogen) atoms. The summed E-state index contributed by atoms with van der Waals surface area (Å²) in [5.74, 6) is -4.04. The Hall–Kier alpha value is -3.87. The Balaban J connectivity index is 0.0000105. The summed E-state index contributed by atoms with van der Waals surface area (Å²) in [6.45, 7) is 4.28. The van der Waals surface area contributed by atoms with Crippen molar-refractivity contribution < 1.29 is 47.0 Å². The highest BCUT2D eigenvalue weighted by molar-refractivity contribution is 5.95. The minimum atomic E-state index is -4.86. The van der Waals surface area contributed by atoms with E-state index in [-0.39, 0.29) is 94.8 Å². The van der Waals surface area contributed by atoms with Crippen LogP contribution in [0.2, 0.25) is 0 Å². The summed E-state index contributed by atoms with van der Waals surface area (Å²) in [4.78, 5) is 67.9. The number of likely N-dealkylation sites (tertiary alicyclic amines) is 1. The van der Waals surface area contributed by atoms with Crippen molar-refractivity contribution in [3.8, 4) is 5.75 Å². The number of hydrogen-bond acceptors (Lipinski definition) is 9. The molecule has 322 valence electrons. The largest absolute Gasteiger partial charge is 0.573 e. The van der Waals surface area contributed by atoms with E-state index in [2.05, 4.69) is 20.7 Å². The maximum atomic E-state index is 13.9. The van der Waals surface area contributed by atoms with Gasteiger partial charge in [-0.3, -0.25) is 24.0 Å². The number of benzene rings is 2. The predicted octanol–water partition coefficient (Wildman–Crippen LogP) is 3.00. The number of carbonyl (C=O) groups is 5. The first-order valence-electron chi connectivity index (χ1n) is 18.0. The van der Waals surface area contributed by atoms with Crippen LogP contribution < -0.4 is 37.9 Å². The molecule has 0 bridgehead atoms. The fourth-order valence-electron chi connectivity index (χ4n) is 6.07. The van der Waals surface area contributed by atoms with E-state index < -0.39 is 71.4 Å². The van der Waals surface area contributed by atoms with E-state index in [1.54, 1.807) is 30.3 Å². The van der Waals surface area contributed by atoms with Crippen LogP contribution in [0.25, 0.3) is 0 Å². The van der Waals surface area contributed by atoms with E-state index >= 15 is 0 Å². The SMILES string of the molecule is CC(C)C[C@@H](NC(=O)[C@@H](Cc1ccccc1)NC(=O)[C@H](N)Cc1ccc(OC(F)(F)F)cc1)C(=O)N[C@H](CCCCN)C(=O)N1CCC(N)(C(=O)O)CC1.Cl.Cl.Cl. The van der Waals surface area contributed by atoms with Crippen LogP contribution in [0.1, 0.15) is 63.5 Å². The third-order valence-corrected chi connectivity index (χ3v) is 9.16. The minimum absolute atomic E-state index is 0. The van der Waals surface area contributed by atoms with Crippen LogP contribution in [0.15, 0.2) is 54.6 Å². The Bertz CT molecular complexity index is 1570. The van der Waals surface area contributed by atoms with Crippen LogP contribution >= 0.6 is 37.2 Å². The van der Waals surface area contributed by atoms with Crippen LogP contribution in [0.4, 0.5) is 13.2 Å². The maximum Gasteiger partial charge on any atom is 0.573 e. The summed E-state index contributed by atoms with van der Waals surface area (Å²) >= 11 is 0. The highest BCUT2D eigenvalue weighted by Crippen LogP contribution is 2.24. The molecule has 0 aromatic heterocycles. The van der Waals surface area contributed by atoms with Crippen molar-refractivity contribution in [2.24, 2.45) is 23.1 Å². The lowest BCUT2D eigenvalue weighted by Gasteiger charge is -2.38. The number of rotatable bonds is 19. The number of carbonyl (C=O) groups excluding carboxylic acids is 4. The Morgan fingerprint density at radius 2 is 1.33 bits per heavy atom. The van der Waals surface area contributed by atoms with Gasteiger partial charge in [-0.25, -0.2) is 0 Å². The first-order chi connectivity index (χ1) is 25.4. The van der Waals surface area contributed by atoms with Gasteiger partial charge in [-0.05, 0) is 80.7 Å². The highest BCUT2D eigenvalue weighted by atomic mass is 35.5. The quantitative estimate of drug-likeness (QED) is 0.102. The van der Waals surface area contributed by atoms with Crippen LogP contribution in [-0.4, -0.2) is 95.3 Å². The Kier molecular flexibility index (Phi) is 23.1. The lowest BCUT2D eigenvalue weighted by Crippen LogP contribution is -2.60. The van der Waals surface area contributed by atoms with Crippen molar-refractivity contribution in [1.82, 2.24) is 20.9 Å². The maximum absolute atomic E-state index is 13.9. The van der Waals surface area contributed by atoms with E-state index in [0.717, 1.165) is 12.1 Å². The molecule has 1 aliphatic heterocycles. The number of piperidine rings is 1. The summed E-state index contributed by atoms with van der Waals surface area (Å²) < 4.78 is 41.6. The molecule has 0 spiro atoms. The summed E-state index contributed by atoms with van der Waals surface area (Å²) in [5, 5.41) is 17.7. The molecule has 20 heteroatoms. The van der Waals surface area contributed by atoms with Crippen molar-refractivity contribution in [1.29, 1.82) is 0 Å². The van der Waals surface area contributed by atoms with Gasteiger partial charge in [-0.15, -0.1) is 50.4 Å². The van der Waals surface area contributed by atoms with E-state index in [4.69, 9.17) is 17.2 Å². The zero-order valence-corrected chi connectivity index (χ0v) is 34.2. The molecular formula is C37H55Cl3F3N7O7. The van der Waals surface area contributed by atoms with Crippen molar-refractivity contribution >= 4 is 66.8 Å². The normalized spacial score (nSPS) is 15.6. The summed E-state index contributed by atoms with van der Waals surface area (Å²) in [5.41, 5.74) is 17.6. The summed E-state index contributed by atoms with van der Waals surface area (Å²) in [7, 11) is 0. The molecule has 4 atom stereocenters. The third-order valence-electron chi connectivity index (χ3n) is 9.16. The fourth-order valence-corrected chi connectivity index (χ4v) is 6.07. The van der Waals surface area contributed by atoms with Crippen LogP contribution in [0.5, 0.6) is 5.75 Å². The number of alkyl halides is 3. The molecule has 2 aromatic carbocycles. The van der Waals surface area contributed by atoms with Gasteiger partial charge >= 0.3 is 12.3 Å². The molecular weight excluding hydrogens is 818 g/mol. The molecule has 14 nitrogen and oxygen atoms in total. The number of amides is 4. The standard InChI is InChI=1S/C37H52F3N7O7.3ClH/c1-23(2)20-29(32(49)44-28(10-6-7-17-41)34(51)47-18-15-36(43,16-19-47)35(52)53)46-33(50)30(22-24-8-4-3-5-9-24)45-31(48)27(42)21-25-11-13-26(14-12-25)54-37(38,39)40;;;/h3-5,8-9,11-14,23,27-30H,6-7,10,15-22,41-43H2,1-2H3,(H,44,49)(H,45,48)(H,46,50)(H,52,53);3*1H/t27-,28-,29-,30-;;;/m1.../s1. The average molecular weight is 873 g/mol. The molecule has 1 heterocycles. The van der Waals surface area contributed by atoms with Gasteiger partial charge in [0.15, 0.2) is 0 Å². The molecule has 0 unspecified atom stereocenters. The molecule has 2 aromatic rings. The number of unbranched alkanes of at least 4 members (excludes halogenated alkanes) is 1.